The minimum absolute atomic E-state index is 0.0887. The highest BCUT2D eigenvalue weighted by Gasteiger charge is 2.34. The van der Waals surface area contributed by atoms with Crippen molar-refractivity contribution in [3.05, 3.63) is 50.9 Å². The van der Waals surface area contributed by atoms with E-state index in [1.165, 1.54) is 6.92 Å². The van der Waals surface area contributed by atoms with Crippen LogP contribution in [-0.2, 0) is 6.18 Å². The summed E-state index contributed by atoms with van der Waals surface area (Å²) in [5.41, 5.74) is 6.00. The van der Waals surface area contributed by atoms with E-state index in [4.69, 9.17) is 5.73 Å². The van der Waals surface area contributed by atoms with Gasteiger partial charge in [0.2, 0.25) is 0 Å². The highest BCUT2D eigenvalue weighted by atomic mass is 79.9. The Bertz CT molecular complexity index is 967. The highest BCUT2D eigenvalue weighted by Crippen LogP contribution is 2.38. The summed E-state index contributed by atoms with van der Waals surface area (Å²) in [6.07, 6.45) is -4.56. The van der Waals surface area contributed by atoms with E-state index in [0.29, 0.717) is 16.6 Å². The van der Waals surface area contributed by atoms with Crippen molar-refractivity contribution in [1.82, 2.24) is 4.98 Å². The standard InChI is InChI=1S/C16H11BrF3N3OS/c1-7-6-10(16(18,19)20)23-15-11(7)12(21)13(25-15)14(24)22-9-4-2-8(17)3-5-9/h2-6H,21H2,1H3,(H,22,24). The molecule has 2 heterocycles. The molecular weight excluding hydrogens is 419 g/mol. The molecule has 1 aromatic carbocycles. The third-order valence-corrected chi connectivity index (χ3v) is 5.12. The van der Waals surface area contributed by atoms with Gasteiger partial charge in [-0.05, 0) is 42.8 Å². The van der Waals surface area contributed by atoms with Gasteiger partial charge in [-0.15, -0.1) is 11.3 Å². The number of alkyl halides is 3. The summed E-state index contributed by atoms with van der Waals surface area (Å²) in [5, 5.41) is 3.05. The number of amides is 1. The average Bonchev–Trinajstić information content (AvgIpc) is 2.86. The molecule has 9 heteroatoms. The summed E-state index contributed by atoms with van der Waals surface area (Å²) >= 11 is 4.13. The number of fused-ring (bicyclic) bond motifs is 1. The Hall–Kier alpha value is -2.13. The number of anilines is 2. The van der Waals surface area contributed by atoms with Crippen LogP contribution in [0, 0.1) is 6.92 Å². The summed E-state index contributed by atoms with van der Waals surface area (Å²) in [7, 11) is 0. The molecule has 3 rings (SSSR count). The van der Waals surface area contributed by atoms with E-state index < -0.39 is 17.8 Å². The Balaban J connectivity index is 2.02. The topological polar surface area (TPSA) is 68.0 Å². The van der Waals surface area contributed by atoms with Gasteiger partial charge in [0.1, 0.15) is 15.4 Å². The van der Waals surface area contributed by atoms with Gasteiger partial charge in [0.05, 0.1) is 5.69 Å². The van der Waals surface area contributed by atoms with Gasteiger partial charge in [0, 0.05) is 15.5 Å². The van der Waals surface area contributed by atoms with Crippen LogP contribution in [0.4, 0.5) is 24.5 Å². The third-order valence-electron chi connectivity index (χ3n) is 3.49. The number of nitrogens with one attached hydrogen (secondary N) is 1. The second kappa shape index (κ2) is 6.30. The van der Waals surface area contributed by atoms with Gasteiger partial charge in [0.15, 0.2) is 0 Å². The molecule has 0 aliphatic heterocycles. The van der Waals surface area contributed by atoms with Crippen LogP contribution in [0.3, 0.4) is 0 Å². The van der Waals surface area contributed by atoms with E-state index in [1.54, 1.807) is 24.3 Å². The van der Waals surface area contributed by atoms with Crippen molar-refractivity contribution >= 4 is 54.8 Å². The largest absolute Gasteiger partial charge is 0.433 e. The normalized spacial score (nSPS) is 11.7. The molecule has 2 aromatic heterocycles. The van der Waals surface area contributed by atoms with Crippen molar-refractivity contribution in [2.24, 2.45) is 0 Å². The van der Waals surface area contributed by atoms with Gasteiger partial charge >= 0.3 is 6.18 Å². The van der Waals surface area contributed by atoms with Crippen LogP contribution in [0.1, 0.15) is 20.9 Å². The van der Waals surface area contributed by atoms with Crippen LogP contribution < -0.4 is 11.1 Å². The first-order valence-corrected chi connectivity index (χ1v) is 8.61. The van der Waals surface area contributed by atoms with Crippen molar-refractivity contribution < 1.29 is 18.0 Å². The smallest absolute Gasteiger partial charge is 0.397 e. The molecule has 0 spiro atoms. The molecule has 3 N–H and O–H groups in total. The molecule has 1 amide bonds. The lowest BCUT2D eigenvalue weighted by atomic mass is 10.1. The van der Waals surface area contributed by atoms with Gasteiger partial charge in [-0.3, -0.25) is 4.79 Å². The molecule has 0 saturated heterocycles. The highest BCUT2D eigenvalue weighted by molar-refractivity contribution is 9.10. The molecule has 0 unspecified atom stereocenters. The summed E-state index contributed by atoms with van der Waals surface area (Å²) in [4.78, 5) is 16.3. The Kier molecular flexibility index (Phi) is 4.46. The van der Waals surface area contributed by atoms with Crippen LogP contribution in [0.15, 0.2) is 34.8 Å². The van der Waals surface area contributed by atoms with Crippen LogP contribution in [-0.4, -0.2) is 10.9 Å². The number of hydrogen-bond donors (Lipinski definition) is 2. The van der Waals surface area contributed by atoms with Gasteiger partial charge < -0.3 is 11.1 Å². The number of nitrogens with two attached hydrogens (primary N) is 1. The summed E-state index contributed by atoms with van der Waals surface area (Å²) in [5.74, 6) is -0.490. The minimum atomic E-state index is -4.56. The predicted molar refractivity (Wildman–Crippen MR) is 95.9 cm³/mol. The van der Waals surface area contributed by atoms with Crippen molar-refractivity contribution in [1.29, 1.82) is 0 Å². The van der Waals surface area contributed by atoms with Crippen LogP contribution in [0.25, 0.3) is 10.2 Å². The molecule has 0 aliphatic carbocycles. The van der Waals surface area contributed by atoms with Crippen molar-refractivity contribution in [2.45, 2.75) is 13.1 Å². The van der Waals surface area contributed by atoms with Crippen molar-refractivity contribution in [3.8, 4) is 0 Å². The van der Waals surface area contributed by atoms with E-state index >= 15 is 0 Å². The summed E-state index contributed by atoms with van der Waals surface area (Å²) < 4.78 is 39.6. The molecule has 0 bridgehead atoms. The third kappa shape index (κ3) is 3.47. The number of nitrogens with zero attached hydrogens (tertiary/aromatic N) is 1. The number of carbonyl (C=O) groups excluding carboxylic acids is 1. The zero-order valence-corrected chi connectivity index (χ0v) is 15.1. The zero-order valence-electron chi connectivity index (χ0n) is 12.7. The van der Waals surface area contributed by atoms with E-state index in [2.05, 4.69) is 26.2 Å². The molecule has 25 heavy (non-hydrogen) atoms. The lowest BCUT2D eigenvalue weighted by Gasteiger charge is -2.07. The Morgan fingerprint density at radius 3 is 2.52 bits per heavy atom. The molecule has 4 nitrogen and oxygen atoms in total. The molecule has 0 saturated carbocycles. The number of thiophene rings is 1. The molecular formula is C16H11BrF3N3OS. The average molecular weight is 430 g/mol. The number of aromatic nitrogens is 1. The van der Waals surface area contributed by atoms with Gasteiger partial charge in [-0.2, -0.15) is 13.2 Å². The number of carbonyl (C=O) groups is 1. The van der Waals surface area contributed by atoms with Crippen LogP contribution >= 0.6 is 27.3 Å². The zero-order chi connectivity index (χ0) is 18.4. The Labute approximate surface area is 153 Å². The number of benzene rings is 1. The number of halogens is 4. The fourth-order valence-corrected chi connectivity index (χ4v) is 3.68. The van der Waals surface area contributed by atoms with E-state index in [1.807, 2.05) is 0 Å². The first-order valence-electron chi connectivity index (χ1n) is 7.00. The van der Waals surface area contributed by atoms with Crippen LogP contribution in [0.2, 0.25) is 0 Å². The molecule has 0 atom stereocenters. The number of pyridine rings is 1. The lowest BCUT2D eigenvalue weighted by molar-refractivity contribution is -0.141. The van der Waals surface area contributed by atoms with E-state index in [0.717, 1.165) is 21.9 Å². The molecule has 3 aromatic rings. The monoisotopic (exact) mass is 429 g/mol. The van der Waals surface area contributed by atoms with E-state index in [9.17, 15) is 18.0 Å². The fraction of sp³-hybridized carbons (Fsp3) is 0.125. The maximum Gasteiger partial charge on any atom is 0.433 e. The fourth-order valence-electron chi connectivity index (χ4n) is 2.35. The Morgan fingerprint density at radius 1 is 1.28 bits per heavy atom. The number of hydrogen-bond acceptors (Lipinski definition) is 4. The van der Waals surface area contributed by atoms with Gasteiger partial charge in [-0.25, -0.2) is 4.98 Å². The number of aryl methyl sites for hydroxylation is 1. The lowest BCUT2D eigenvalue weighted by Crippen LogP contribution is -2.11. The first kappa shape index (κ1) is 17.7. The first-order chi connectivity index (χ1) is 11.7. The predicted octanol–water partition coefficient (Wildman–Crippen LogP) is 5.22. The van der Waals surface area contributed by atoms with Crippen LogP contribution in [0.5, 0.6) is 0 Å². The number of nitrogen functional groups attached to an aromatic ring is 1. The van der Waals surface area contributed by atoms with Crippen molar-refractivity contribution in [2.75, 3.05) is 11.1 Å². The second-order valence-corrected chi connectivity index (χ2v) is 7.22. The molecule has 0 fully saturated rings. The van der Waals surface area contributed by atoms with Crippen molar-refractivity contribution in [3.63, 3.8) is 0 Å². The second-order valence-electron chi connectivity index (χ2n) is 5.31. The molecule has 0 radical (unpaired) electrons. The number of rotatable bonds is 2. The summed E-state index contributed by atoms with van der Waals surface area (Å²) in [6.45, 7) is 1.51. The SMILES string of the molecule is Cc1cc(C(F)(F)F)nc2sc(C(=O)Nc3ccc(Br)cc3)c(N)c12. The Morgan fingerprint density at radius 2 is 1.92 bits per heavy atom. The van der Waals surface area contributed by atoms with Gasteiger partial charge in [0.25, 0.3) is 5.91 Å². The minimum Gasteiger partial charge on any atom is -0.397 e. The summed E-state index contributed by atoms with van der Waals surface area (Å²) in [6, 6.07) is 7.83. The molecule has 130 valence electrons. The van der Waals surface area contributed by atoms with E-state index in [-0.39, 0.29) is 15.4 Å². The maximum atomic E-state index is 12.9. The quantitative estimate of drug-likeness (QED) is 0.586. The maximum absolute atomic E-state index is 12.9. The molecule has 0 aliphatic rings. The van der Waals surface area contributed by atoms with Gasteiger partial charge in [-0.1, -0.05) is 15.9 Å².